The molecule has 1 aromatic carbocycles. The van der Waals surface area contributed by atoms with E-state index in [9.17, 15) is 0 Å². The van der Waals surface area contributed by atoms with Crippen molar-refractivity contribution in [2.75, 3.05) is 33.7 Å². The van der Waals surface area contributed by atoms with Gasteiger partial charge in [-0.25, -0.2) is 4.98 Å². The maximum Gasteiger partial charge on any atom is 0.112 e. The van der Waals surface area contributed by atoms with Gasteiger partial charge >= 0.3 is 0 Å². The van der Waals surface area contributed by atoms with Gasteiger partial charge in [-0.05, 0) is 19.7 Å². The number of nitrogens with zero attached hydrogens (tertiary/aromatic N) is 3. The van der Waals surface area contributed by atoms with E-state index in [0.717, 1.165) is 30.9 Å². The van der Waals surface area contributed by atoms with E-state index < -0.39 is 0 Å². The van der Waals surface area contributed by atoms with Crippen molar-refractivity contribution in [2.24, 2.45) is 5.73 Å². The molecule has 4 nitrogen and oxygen atoms in total. The number of piperazine rings is 1. The van der Waals surface area contributed by atoms with Crippen LogP contribution in [0.25, 0.3) is 11.3 Å². The molecule has 1 aliphatic rings. The Morgan fingerprint density at radius 1 is 1.24 bits per heavy atom. The summed E-state index contributed by atoms with van der Waals surface area (Å²) >= 11 is 1.76. The van der Waals surface area contributed by atoms with E-state index in [1.165, 1.54) is 10.6 Å². The third kappa shape index (κ3) is 3.16. The van der Waals surface area contributed by atoms with Crippen LogP contribution < -0.4 is 5.73 Å². The molecule has 1 aromatic heterocycles. The first-order chi connectivity index (χ1) is 10.2. The molecule has 112 valence electrons. The summed E-state index contributed by atoms with van der Waals surface area (Å²) in [5.41, 5.74) is 9.04. The van der Waals surface area contributed by atoms with Crippen LogP contribution in [0.15, 0.2) is 29.6 Å². The van der Waals surface area contributed by atoms with Crippen molar-refractivity contribution in [2.45, 2.75) is 12.6 Å². The summed E-state index contributed by atoms with van der Waals surface area (Å²) in [5.74, 6) is 0. The quantitative estimate of drug-likeness (QED) is 0.944. The zero-order valence-corrected chi connectivity index (χ0v) is 13.4. The van der Waals surface area contributed by atoms with Gasteiger partial charge in [-0.1, -0.05) is 24.3 Å². The average molecular weight is 302 g/mol. The van der Waals surface area contributed by atoms with Crippen LogP contribution in [-0.2, 0) is 6.54 Å². The molecule has 21 heavy (non-hydrogen) atoms. The molecule has 1 fully saturated rings. The molecule has 0 radical (unpaired) electrons. The number of hydrogen-bond donors (Lipinski definition) is 1. The number of benzene rings is 1. The van der Waals surface area contributed by atoms with Crippen LogP contribution in [0, 0.1) is 0 Å². The highest BCUT2D eigenvalue weighted by molar-refractivity contribution is 7.10. The fourth-order valence-electron chi connectivity index (χ4n) is 2.66. The van der Waals surface area contributed by atoms with Crippen LogP contribution in [0.4, 0.5) is 0 Å². The van der Waals surface area contributed by atoms with Crippen LogP contribution in [0.1, 0.15) is 16.6 Å². The standard InChI is InChI=1S/C16H22N4S/c1-19-7-8-20(2)15(10-19)16-18-14(11-21-16)13-5-3-12(9-17)4-6-13/h3-6,11,15H,7-10,17H2,1-2H3. The molecule has 1 unspecified atom stereocenters. The predicted molar refractivity (Wildman–Crippen MR) is 88.3 cm³/mol. The molecule has 2 aromatic rings. The minimum absolute atomic E-state index is 0.408. The molecule has 0 saturated carbocycles. The van der Waals surface area contributed by atoms with E-state index in [2.05, 4.69) is 53.5 Å². The van der Waals surface area contributed by atoms with Gasteiger partial charge in [0.1, 0.15) is 5.01 Å². The SMILES string of the molecule is CN1CCN(C)C(c2nc(-c3ccc(CN)cc3)cs2)C1. The van der Waals surface area contributed by atoms with Gasteiger partial charge in [0.05, 0.1) is 11.7 Å². The highest BCUT2D eigenvalue weighted by Crippen LogP contribution is 2.30. The number of rotatable bonds is 3. The number of aromatic nitrogens is 1. The number of thiazole rings is 1. The molecule has 2 N–H and O–H groups in total. The molecule has 5 heteroatoms. The van der Waals surface area contributed by atoms with E-state index in [-0.39, 0.29) is 0 Å². The fourth-order valence-corrected chi connectivity index (χ4v) is 3.65. The Kier molecular flexibility index (Phi) is 4.35. The monoisotopic (exact) mass is 302 g/mol. The second-order valence-electron chi connectivity index (χ2n) is 5.73. The van der Waals surface area contributed by atoms with Crippen molar-refractivity contribution in [1.29, 1.82) is 0 Å². The van der Waals surface area contributed by atoms with Gasteiger partial charge in [0, 0.05) is 37.1 Å². The molecule has 1 aliphatic heterocycles. The smallest absolute Gasteiger partial charge is 0.112 e. The molecule has 2 heterocycles. The van der Waals surface area contributed by atoms with Crippen molar-refractivity contribution < 1.29 is 0 Å². The van der Waals surface area contributed by atoms with Gasteiger partial charge in [-0.2, -0.15) is 0 Å². The fraction of sp³-hybridized carbons (Fsp3) is 0.438. The Bertz CT molecular complexity index is 593. The Balaban J connectivity index is 1.81. The van der Waals surface area contributed by atoms with Crippen LogP contribution in [0.3, 0.4) is 0 Å². The third-order valence-electron chi connectivity index (χ3n) is 4.14. The predicted octanol–water partition coefficient (Wildman–Crippen LogP) is 2.19. The van der Waals surface area contributed by atoms with E-state index in [1.807, 2.05) is 0 Å². The van der Waals surface area contributed by atoms with Crippen LogP contribution in [0.5, 0.6) is 0 Å². The van der Waals surface area contributed by atoms with Crippen molar-refractivity contribution in [3.8, 4) is 11.3 Å². The number of nitrogens with two attached hydrogens (primary N) is 1. The zero-order chi connectivity index (χ0) is 14.8. The van der Waals surface area contributed by atoms with E-state index >= 15 is 0 Å². The van der Waals surface area contributed by atoms with E-state index in [0.29, 0.717) is 12.6 Å². The molecule has 0 bridgehead atoms. The molecular formula is C16H22N4S. The number of likely N-dealkylation sites (N-methyl/N-ethyl adjacent to an activating group) is 2. The Labute approximate surface area is 130 Å². The summed E-state index contributed by atoms with van der Waals surface area (Å²) in [6.07, 6.45) is 0. The van der Waals surface area contributed by atoms with E-state index in [4.69, 9.17) is 10.7 Å². The lowest BCUT2D eigenvalue weighted by atomic mass is 10.1. The van der Waals surface area contributed by atoms with Gasteiger partial charge in [0.25, 0.3) is 0 Å². The lowest BCUT2D eigenvalue weighted by Crippen LogP contribution is -2.44. The van der Waals surface area contributed by atoms with Gasteiger partial charge < -0.3 is 10.6 Å². The van der Waals surface area contributed by atoms with E-state index in [1.54, 1.807) is 11.3 Å². The highest BCUT2D eigenvalue weighted by Gasteiger charge is 2.26. The highest BCUT2D eigenvalue weighted by atomic mass is 32.1. The Hall–Kier alpha value is -1.27. The second-order valence-corrected chi connectivity index (χ2v) is 6.62. The summed E-state index contributed by atoms with van der Waals surface area (Å²) in [6, 6.07) is 8.78. The van der Waals surface area contributed by atoms with Gasteiger partial charge in [-0.15, -0.1) is 11.3 Å². The van der Waals surface area contributed by atoms with Crippen molar-refractivity contribution in [3.63, 3.8) is 0 Å². The summed E-state index contributed by atoms with van der Waals surface area (Å²) in [5, 5.41) is 3.37. The first-order valence-electron chi connectivity index (χ1n) is 7.31. The van der Waals surface area contributed by atoms with Crippen LogP contribution in [0.2, 0.25) is 0 Å². The summed E-state index contributed by atoms with van der Waals surface area (Å²) in [6.45, 7) is 3.87. The maximum absolute atomic E-state index is 5.64. The lowest BCUT2D eigenvalue weighted by Gasteiger charge is -2.36. The topological polar surface area (TPSA) is 45.4 Å². The molecule has 0 spiro atoms. The molecule has 3 rings (SSSR count). The summed E-state index contributed by atoms with van der Waals surface area (Å²) in [7, 11) is 4.37. The minimum atomic E-state index is 0.408. The normalized spacial score (nSPS) is 20.8. The maximum atomic E-state index is 5.64. The molecule has 1 atom stereocenters. The third-order valence-corrected chi connectivity index (χ3v) is 5.09. The lowest BCUT2D eigenvalue weighted by molar-refractivity contribution is 0.115. The van der Waals surface area contributed by atoms with Gasteiger partial charge in [0.2, 0.25) is 0 Å². The summed E-state index contributed by atoms with van der Waals surface area (Å²) in [4.78, 5) is 9.64. The first kappa shape index (κ1) is 14.7. The molecule has 0 aliphatic carbocycles. The number of hydrogen-bond acceptors (Lipinski definition) is 5. The van der Waals surface area contributed by atoms with Crippen molar-refractivity contribution in [1.82, 2.24) is 14.8 Å². The van der Waals surface area contributed by atoms with Crippen LogP contribution in [-0.4, -0.2) is 48.5 Å². The zero-order valence-electron chi connectivity index (χ0n) is 12.6. The average Bonchev–Trinajstić information content (AvgIpc) is 2.99. The largest absolute Gasteiger partial charge is 0.326 e. The molecular weight excluding hydrogens is 280 g/mol. The van der Waals surface area contributed by atoms with Crippen molar-refractivity contribution >= 4 is 11.3 Å². The van der Waals surface area contributed by atoms with Gasteiger partial charge in [0.15, 0.2) is 0 Å². The van der Waals surface area contributed by atoms with Crippen LogP contribution >= 0.6 is 11.3 Å². The van der Waals surface area contributed by atoms with Gasteiger partial charge in [-0.3, -0.25) is 4.90 Å². The first-order valence-corrected chi connectivity index (χ1v) is 8.19. The second kappa shape index (κ2) is 6.23. The summed E-state index contributed by atoms with van der Waals surface area (Å²) < 4.78 is 0. The molecule has 0 amide bonds. The Morgan fingerprint density at radius 2 is 2.00 bits per heavy atom. The Morgan fingerprint density at radius 3 is 2.71 bits per heavy atom. The van der Waals surface area contributed by atoms with Crippen molar-refractivity contribution in [3.05, 3.63) is 40.2 Å². The minimum Gasteiger partial charge on any atom is -0.326 e. The molecule has 1 saturated heterocycles.